The lowest BCUT2D eigenvalue weighted by atomic mass is 10.1. The molecule has 3 N–H and O–H groups in total. The first-order chi connectivity index (χ1) is 13.5. The Labute approximate surface area is 163 Å². The number of anilines is 4. The van der Waals surface area contributed by atoms with Crippen molar-refractivity contribution in [2.24, 2.45) is 0 Å². The Hall–Kier alpha value is -3.35. The molecule has 0 aliphatic heterocycles. The fourth-order valence-electron chi connectivity index (χ4n) is 3.12. The van der Waals surface area contributed by atoms with Crippen molar-refractivity contribution in [2.75, 3.05) is 10.6 Å². The molecule has 0 saturated carbocycles. The molecule has 4 aromatic carbocycles. The number of fused-ring (bicyclic) bond motifs is 1. The number of hydrogen-bond acceptors (Lipinski definition) is 4. The van der Waals surface area contributed by atoms with Crippen LogP contribution in [0.25, 0.3) is 10.8 Å². The fraction of sp³-hybridized carbons (Fsp3) is 0. The highest BCUT2D eigenvalue weighted by molar-refractivity contribution is 7.86. The van der Waals surface area contributed by atoms with Crippen LogP contribution in [0.5, 0.6) is 0 Å². The van der Waals surface area contributed by atoms with E-state index in [4.69, 9.17) is 0 Å². The molecule has 4 aromatic rings. The van der Waals surface area contributed by atoms with Crippen LogP contribution in [-0.4, -0.2) is 13.0 Å². The quantitative estimate of drug-likeness (QED) is 0.388. The molecule has 0 atom stereocenters. The van der Waals surface area contributed by atoms with Crippen LogP contribution in [-0.2, 0) is 10.1 Å². The van der Waals surface area contributed by atoms with Gasteiger partial charge in [0, 0.05) is 22.4 Å². The Morgan fingerprint density at radius 3 is 1.86 bits per heavy atom. The maximum Gasteiger partial charge on any atom is 0.297 e. The molecule has 0 aliphatic rings. The second-order valence-corrected chi connectivity index (χ2v) is 7.69. The molecule has 0 saturated heterocycles. The van der Waals surface area contributed by atoms with Gasteiger partial charge >= 0.3 is 0 Å². The van der Waals surface area contributed by atoms with Gasteiger partial charge in [-0.15, -0.1) is 0 Å². The van der Waals surface area contributed by atoms with E-state index in [1.807, 2.05) is 72.8 Å². The first-order valence-electron chi connectivity index (χ1n) is 8.69. The van der Waals surface area contributed by atoms with Crippen LogP contribution in [0.2, 0.25) is 0 Å². The molecule has 0 heterocycles. The SMILES string of the molecule is O=S(=O)(O)c1c(Nc2ccccc2)ccc2cc(Nc3ccccc3)ccc12. The van der Waals surface area contributed by atoms with Gasteiger partial charge in [-0.3, -0.25) is 4.55 Å². The number of hydrogen-bond donors (Lipinski definition) is 3. The van der Waals surface area contributed by atoms with Crippen molar-refractivity contribution in [3.8, 4) is 0 Å². The Morgan fingerprint density at radius 1 is 0.643 bits per heavy atom. The molecule has 0 fully saturated rings. The zero-order valence-electron chi connectivity index (χ0n) is 14.8. The molecule has 0 unspecified atom stereocenters. The summed E-state index contributed by atoms with van der Waals surface area (Å²) in [4.78, 5) is -0.139. The summed E-state index contributed by atoms with van der Waals surface area (Å²) >= 11 is 0. The lowest BCUT2D eigenvalue weighted by Crippen LogP contribution is -2.04. The summed E-state index contributed by atoms with van der Waals surface area (Å²) in [5, 5.41) is 7.50. The van der Waals surface area contributed by atoms with Crippen molar-refractivity contribution >= 4 is 43.6 Å². The maximum atomic E-state index is 12.1. The van der Waals surface area contributed by atoms with Gasteiger partial charge in [0.1, 0.15) is 4.90 Å². The zero-order valence-corrected chi connectivity index (χ0v) is 15.6. The molecule has 6 heteroatoms. The minimum absolute atomic E-state index is 0.139. The topological polar surface area (TPSA) is 78.4 Å². The summed E-state index contributed by atoms with van der Waals surface area (Å²) in [7, 11) is -4.43. The normalized spacial score (nSPS) is 11.3. The minimum atomic E-state index is -4.43. The van der Waals surface area contributed by atoms with E-state index in [0.29, 0.717) is 16.5 Å². The van der Waals surface area contributed by atoms with E-state index in [-0.39, 0.29) is 4.90 Å². The van der Waals surface area contributed by atoms with Crippen LogP contribution >= 0.6 is 0 Å². The fourth-order valence-corrected chi connectivity index (χ4v) is 3.98. The molecular weight excluding hydrogens is 372 g/mol. The minimum Gasteiger partial charge on any atom is -0.356 e. The van der Waals surface area contributed by atoms with Gasteiger partial charge in [0.15, 0.2) is 0 Å². The molecular formula is C22H18N2O3S. The van der Waals surface area contributed by atoms with E-state index in [2.05, 4.69) is 10.6 Å². The van der Waals surface area contributed by atoms with Crippen LogP contribution in [0.4, 0.5) is 22.7 Å². The summed E-state index contributed by atoms with van der Waals surface area (Å²) < 4.78 is 34.1. The maximum absolute atomic E-state index is 12.1. The van der Waals surface area contributed by atoms with Crippen molar-refractivity contribution in [1.29, 1.82) is 0 Å². The number of para-hydroxylation sites is 2. The van der Waals surface area contributed by atoms with E-state index in [0.717, 1.165) is 17.1 Å². The first-order valence-corrected chi connectivity index (χ1v) is 10.1. The molecule has 140 valence electrons. The van der Waals surface area contributed by atoms with Crippen LogP contribution < -0.4 is 10.6 Å². The highest BCUT2D eigenvalue weighted by Crippen LogP contribution is 2.34. The van der Waals surface area contributed by atoms with Crippen molar-refractivity contribution in [2.45, 2.75) is 4.90 Å². The van der Waals surface area contributed by atoms with Crippen molar-refractivity contribution in [1.82, 2.24) is 0 Å². The average molecular weight is 390 g/mol. The standard InChI is InChI=1S/C22H18N2O3S/c25-28(26,27)22-20-13-12-19(23-17-7-3-1-4-8-17)15-16(20)11-14-21(22)24-18-9-5-2-6-10-18/h1-15,23-24H,(H,25,26,27). The Balaban J connectivity index is 1.79. The molecule has 28 heavy (non-hydrogen) atoms. The third-order valence-corrected chi connectivity index (χ3v) is 5.30. The summed E-state index contributed by atoms with van der Waals surface area (Å²) in [6.07, 6.45) is 0. The molecule has 0 bridgehead atoms. The van der Waals surface area contributed by atoms with Crippen molar-refractivity contribution < 1.29 is 13.0 Å². The van der Waals surface area contributed by atoms with Crippen LogP contribution in [0, 0.1) is 0 Å². The second kappa shape index (κ2) is 7.34. The molecule has 4 rings (SSSR count). The Kier molecular flexibility index (Phi) is 4.73. The lowest BCUT2D eigenvalue weighted by Gasteiger charge is -2.14. The van der Waals surface area contributed by atoms with E-state index in [9.17, 15) is 13.0 Å². The Morgan fingerprint density at radius 2 is 1.25 bits per heavy atom. The molecule has 5 nitrogen and oxygen atoms in total. The van der Waals surface area contributed by atoms with E-state index >= 15 is 0 Å². The second-order valence-electron chi connectivity index (χ2n) is 6.34. The van der Waals surface area contributed by atoms with Crippen LogP contribution in [0.3, 0.4) is 0 Å². The van der Waals surface area contributed by atoms with Gasteiger partial charge in [-0.2, -0.15) is 8.42 Å². The zero-order chi connectivity index (χ0) is 19.6. The number of benzene rings is 4. The average Bonchev–Trinajstić information content (AvgIpc) is 2.68. The molecule has 0 spiro atoms. The van der Waals surface area contributed by atoms with Gasteiger partial charge in [-0.25, -0.2) is 0 Å². The number of rotatable bonds is 5. The van der Waals surface area contributed by atoms with Gasteiger partial charge < -0.3 is 10.6 Å². The van der Waals surface area contributed by atoms with Crippen molar-refractivity contribution in [3.05, 3.63) is 91.0 Å². The molecule has 0 amide bonds. The van der Waals surface area contributed by atoms with E-state index in [1.165, 1.54) is 0 Å². The van der Waals surface area contributed by atoms with Gasteiger partial charge in [0.05, 0.1) is 5.69 Å². The number of nitrogens with one attached hydrogen (secondary N) is 2. The summed E-state index contributed by atoms with van der Waals surface area (Å²) in [6, 6.07) is 27.7. The van der Waals surface area contributed by atoms with Crippen LogP contribution in [0.1, 0.15) is 0 Å². The summed E-state index contributed by atoms with van der Waals surface area (Å²) in [5.74, 6) is 0. The smallest absolute Gasteiger partial charge is 0.297 e. The Bertz CT molecular complexity index is 1220. The van der Waals surface area contributed by atoms with Gasteiger partial charge in [-0.05, 0) is 47.9 Å². The lowest BCUT2D eigenvalue weighted by molar-refractivity contribution is 0.484. The highest BCUT2D eigenvalue weighted by Gasteiger charge is 2.20. The van der Waals surface area contributed by atoms with Gasteiger partial charge in [0.2, 0.25) is 0 Å². The predicted molar refractivity (Wildman–Crippen MR) is 113 cm³/mol. The van der Waals surface area contributed by atoms with E-state index in [1.54, 1.807) is 18.2 Å². The largest absolute Gasteiger partial charge is 0.356 e. The monoisotopic (exact) mass is 390 g/mol. The van der Waals surface area contributed by atoms with E-state index < -0.39 is 10.1 Å². The highest BCUT2D eigenvalue weighted by atomic mass is 32.2. The summed E-state index contributed by atoms with van der Waals surface area (Å²) in [6.45, 7) is 0. The molecule has 0 aromatic heterocycles. The van der Waals surface area contributed by atoms with Gasteiger partial charge in [-0.1, -0.05) is 48.5 Å². The van der Waals surface area contributed by atoms with Gasteiger partial charge in [0.25, 0.3) is 10.1 Å². The predicted octanol–water partition coefficient (Wildman–Crippen LogP) is 5.57. The molecule has 0 radical (unpaired) electrons. The third kappa shape index (κ3) is 3.83. The molecule has 0 aliphatic carbocycles. The first kappa shape index (κ1) is 18.0. The van der Waals surface area contributed by atoms with Crippen molar-refractivity contribution in [3.63, 3.8) is 0 Å². The van der Waals surface area contributed by atoms with Crippen LogP contribution in [0.15, 0.2) is 95.9 Å². The third-order valence-electron chi connectivity index (χ3n) is 4.34. The summed E-state index contributed by atoms with van der Waals surface area (Å²) in [5.41, 5.74) is 2.81.